The van der Waals surface area contributed by atoms with Gasteiger partial charge in [0.2, 0.25) is 11.8 Å². The Morgan fingerprint density at radius 3 is 2.52 bits per heavy atom. The van der Waals surface area contributed by atoms with Crippen LogP contribution in [0.15, 0.2) is 24.3 Å². The Bertz CT molecular complexity index is 550. The fourth-order valence-corrected chi connectivity index (χ4v) is 3.13. The van der Waals surface area contributed by atoms with Gasteiger partial charge in [-0.25, -0.2) is 0 Å². The quantitative estimate of drug-likeness (QED) is 0.895. The van der Waals surface area contributed by atoms with E-state index in [9.17, 15) is 9.59 Å². The van der Waals surface area contributed by atoms with Crippen LogP contribution in [0.25, 0.3) is 0 Å². The molecule has 1 aromatic rings. The van der Waals surface area contributed by atoms with E-state index >= 15 is 0 Å². The average molecular weight is 287 g/mol. The molecule has 2 aliphatic heterocycles. The first-order valence-corrected chi connectivity index (χ1v) is 7.62. The van der Waals surface area contributed by atoms with Crippen molar-refractivity contribution in [1.82, 2.24) is 4.90 Å². The number of rotatable bonds is 2. The molecule has 2 amide bonds. The number of fused-ring (bicyclic) bond motifs is 1. The lowest BCUT2D eigenvalue weighted by Gasteiger charge is -2.24. The van der Waals surface area contributed by atoms with Gasteiger partial charge < -0.3 is 15.5 Å². The first-order chi connectivity index (χ1) is 10.2. The van der Waals surface area contributed by atoms with Gasteiger partial charge in [-0.2, -0.15) is 0 Å². The zero-order chi connectivity index (χ0) is 14.8. The van der Waals surface area contributed by atoms with Gasteiger partial charge in [-0.15, -0.1) is 0 Å². The molecule has 3 rings (SSSR count). The fraction of sp³-hybridized carbons (Fsp3) is 0.500. The van der Waals surface area contributed by atoms with Crippen LogP contribution in [0.3, 0.4) is 0 Å². The van der Waals surface area contributed by atoms with Crippen LogP contribution >= 0.6 is 0 Å². The molecule has 2 N–H and O–H groups in total. The summed E-state index contributed by atoms with van der Waals surface area (Å²) in [5.74, 6) is -0.159. The van der Waals surface area contributed by atoms with E-state index in [2.05, 4.69) is 0 Å². The number of amides is 2. The van der Waals surface area contributed by atoms with Crippen LogP contribution < -0.4 is 10.6 Å². The number of benzene rings is 1. The summed E-state index contributed by atoms with van der Waals surface area (Å²) in [4.78, 5) is 28.2. The summed E-state index contributed by atoms with van der Waals surface area (Å²) < 4.78 is 0. The Balaban J connectivity index is 1.75. The maximum absolute atomic E-state index is 12.5. The van der Waals surface area contributed by atoms with Gasteiger partial charge in [-0.3, -0.25) is 9.59 Å². The summed E-state index contributed by atoms with van der Waals surface area (Å²) in [7, 11) is 0. The highest BCUT2D eigenvalue weighted by Crippen LogP contribution is 2.33. The van der Waals surface area contributed by atoms with Crippen molar-refractivity contribution in [1.29, 1.82) is 0 Å². The predicted molar refractivity (Wildman–Crippen MR) is 80.8 cm³/mol. The first-order valence-electron chi connectivity index (χ1n) is 7.62. The van der Waals surface area contributed by atoms with Crippen molar-refractivity contribution in [2.24, 2.45) is 5.73 Å². The number of nitrogens with zero attached hydrogens (tertiary/aromatic N) is 2. The lowest BCUT2D eigenvalue weighted by molar-refractivity contribution is -0.131. The summed E-state index contributed by atoms with van der Waals surface area (Å²) in [5, 5.41) is 0. The monoisotopic (exact) mass is 287 g/mol. The van der Waals surface area contributed by atoms with Crippen molar-refractivity contribution < 1.29 is 9.59 Å². The van der Waals surface area contributed by atoms with E-state index < -0.39 is 6.04 Å². The predicted octanol–water partition coefficient (Wildman–Crippen LogP) is 1.44. The molecular formula is C16H21N3O2. The van der Waals surface area contributed by atoms with Gasteiger partial charge >= 0.3 is 0 Å². The molecule has 21 heavy (non-hydrogen) atoms. The van der Waals surface area contributed by atoms with Gasteiger partial charge in [0.25, 0.3) is 0 Å². The molecule has 5 heteroatoms. The number of nitrogens with two attached hydrogens (primary N) is 1. The Labute approximate surface area is 124 Å². The normalized spacial score (nSPS) is 22.1. The second kappa shape index (κ2) is 5.85. The lowest BCUT2D eigenvalue weighted by atomic mass is 10.1. The molecule has 1 aromatic carbocycles. The molecule has 0 radical (unpaired) electrons. The number of carbonyl (C=O) groups is 2. The third-order valence-corrected chi connectivity index (χ3v) is 4.35. The standard InChI is InChI=1S/C16H21N3O2/c17-15-12-7-3-4-8-13(12)19(16(15)21)11-14(20)18-9-5-1-2-6-10-18/h3-4,7-8,15H,1-2,5-6,9-11,17H2. The highest BCUT2D eigenvalue weighted by molar-refractivity contribution is 6.07. The zero-order valence-corrected chi connectivity index (χ0v) is 12.1. The number of hydrogen-bond donors (Lipinski definition) is 1. The molecule has 112 valence electrons. The number of para-hydroxylation sites is 1. The molecular weight excluding hydrogens is 266 g/mol. The molecule has 1 saturated heterocycles. The largest absolute Gasteiger partial charge is 0.341 e. The van der Waals surface area contributed by atoms with Crippen molar-refractivity contribution in [3.63, 3.8) is 0 Å². The van der Waals surface area contributed by atoms with Gasteiger partial charge in [-0.05, 0) is 18.9 Å². The van der Waals surface area contributed by atoms with Crippen molar-refractivity contribution in [3.05, 3.63) is 29.8 Å². The van der Waals surface area contributed by atoms with E-state index in [0.29, 0.717) is 0 Å². The van der Waals surface area contributed by atoms with Gasteiger partial charge in [-0.1, -0.05) is 31.0 Å². The minimum Gasteiger partial charge on any atom is -0.341 e. The van der Waals surface area contributed by atoms with E-state index in [4.69, 9.17) is 5.73 Å². The molecule has 0 aromatic heterocycles. The molecule has 0 bridgehead atoms. The van der Waals surface area contributed by atoms with Gasteiger partial charge in [0, 0.05) is 24.3 Å². The molecule has 0 saturated carbocycles. The van der Waals surface area contributed by atoms with E-state index in [1.165, 1.54) is 17.7 Å². The second-order valence-corrected chi connectivity index (χ2v) is 5.76. The lowest BCUT2D eigenvalue weighted by Crippen LogP contribution is -2.43. The van der Waals surface area contributed by atoms with Gasteiger partial charge in [0.1, 0.15) is 12.6 Å². The number of carbonyl (C=O) groups excluding carboxylic acids is 2. The molecule has 1 unspecified atom stereocenters. The van der Waals surface area contributed by atoms with Crippen LogP contribution in [0.5, 0.6) is 0 Å². The molecule has 1 atom stereocenters. The SMILES string of the molecule is NC1C(=O)N(CC(=O)N2CCCCCC2)c2ccccc21. The van der Waals surface area contributed by atoms with Gasteiger partial charge in [0.05, 0.1) is 0 Å². The topological polar surface area (TPSA) is 66.6 Å². The van der Waals surface area contributed by atoms with Crippen LogP contribution in [0.2, 0.25) is 0 Å². The number of anilines is 1. The van der Waals surface area contributed by atoms with Crippen LogP contribution in [0.1, 0.15) is 37.3 Å². The Hall–Kier alpha value is -1.88. The Morgan fingerprint density at radius 2 is 1.81 bits per heavy atom. The number of hydrogen-bond acceptors (Lipinski definition) is 3. The smallest absolute Gasteiger partial charge is 0.249 e. The van der Waals surface area contributed by atoms with Crippen LogP contribution in [-0.2, 0) is 9.59 Å². The van der Waals surface area contributed by atoms with Crippen LogP contribution in [0, 0.1) is 0 Å². The average Bonchev–Trinajstić information content (AvgIpc) is 2.72. The fourth-order valence-electron chi connectivity index (χ4n) is 3.13. The summed E-state index contributed by atoms with van der Waals surface area (Å²) >= 11 is 0. The maximum atomic E-state index is 12.5. The molecule has 0 spiro atoms. The molecule has 0 aliphatic carbocycles. The zero-order valence-electron chi connectivity index (χ0n) is 12.1. The summed E-state index contributed by atoms with van der Waals surface area (Å²) in [6, 6.07) is 6.81. The van der Waals surface area contributed by atoms with E-state index in [-0.39, 0.29) is 18.4 Å². The maximum Gasteiger partial charge on any atom is 0.249 e. The molecule has 2 aliphatic rings. The van der Waals surface area contributed by atoms with Crippen molar-refractivity contribution in [3.8, 4) is 0 Å². The van der Waals surface area contributed by atoms with E-state index in [0.717, 1.165) is 37.2 Å². The highest BCUT2D eigenvalue weighted by Gasteiger charge is 2.36. The van der Waals surface area contributed by atoms with E-state index in [1.807, 2.05) is 29.2 Å². The molecule has 1 fully saturated rings. The third-order valence-electron chi connectivity index (χ3n) is 4.35. The van der Waals surface area contributed by atoms with Crippen LogP contribution in [0.4, 0.5) is 5.69 Å². The van der Waals surface area contributed by atoms with Crippen molar-refractivity contribution >= 4 is 17.5 Å². The number of likely N-dealkylation sites (tertiary alicyclic amines) is 1. The summed E-state index contributed by atoms with van der Waals surface area (Å²) in [5.41, 5.74) is 7.53. The minimum absolute atomic E-state index is 0.0224. The van der Waals surface area contributed by atoms with E-state index in [1.54, 1.807) is 0 Å². The van der Waals surface area contributed by atoms with Crippen LogP contribution in [-0.4, -0.2) is 36.3 Å². The molecule has 2 heterocycles. The molecule has 5 nitrogen and oxygen atoms in total. The third kappa shape index (κ3) is 2.65. The van der Waals surface area contributed by atoms with Crippen molar-refractivity contribution in [2.45, 2.75) is 31.7 Å². The second-order valence-electron chi connectivity index (χ2n) is 5.76. The summed E-state index contributed by atoms with van der Waals surface area (Å²) in [6.07, 6.45) is 4.46. The minimum atomic E-state index is -0.641. The highest BCUT2D eigenvalue weighted by atomic mass is 16.2. The Kier molecular flexibility index (Phi) is 3.92. The van der Waals surface area contributed by atoms with Crippen molar-refractivity contribution in [2.75, 3.05) is 24.5 Å². The van der Waals surface area contributed by atoms with Gasteiger partial charge in [0.15, 0.2) is 0 Å². The Morgan fingerprint density at radius 1 is 1.14 bits per heavy atom. The summed E-state index contributed by atoms with van der Waals surface area (Å²) in [6.45, 7) is 1.70. The first kappa shape index (κ1) is 14.1.